The van der Waals surface area contributed by atoms with Crippen molar-refractivity contribution < 1.29 is 19.1 Å². The van der Waals surface area contributed by atoms with Gasteiger partial charge in [-0.2, -0.15) is 0 Å². The van der Waals surface area contributed by atoms with Crippen molar-refractivity contribution in [1.82, 2.24) is 4.98 Å². The molecule has 0 radical (unpaired) electrons. The standard InChI is InChI=1S/C11H12N2O4/c1-3-16-11(15)8-10(14)13(2)9-7(17-8)5-4-6-12-9/h4-6,8H,3H2,1-2H3. The molecule has 0 saturated heterocycles. The molecule has 17 heavy (non-hydrogen) atoms. The zero-order valence-electron chi connectivity index (χ0n) is 9.54. The molecule has 2 rings (SSSR count). The summed E-state index contributed by atoms with van der Waals surface area (Å²) in [5.74, 6) is -0.362. The Balaban J connectivity index is 2.31. The average Bonchev–Trinajstić information content (AvgIpc) is 2.34. The molecular formula is C11H12N2O4. The van der Waals surface area contributed by atoms with E-state index in [-0.39, 0.29) is 6.61 Å². The van der Waals surface area contributed by atoms with Crippen LogP contribution in [0, 0.1) is 0 Å². The molecule has 1 unspecified atom stereocenters. The predicted molar refractivity (Wildman–Crippen MR) is 58.7 cm³/mol. The molecule has 0 aromatic carbocycles. The van der Waals surface area contributed by atoms with Crippen molar-refractivity contribution >= 4 is 17.7 Å². The molecule has 6 nitrogen and oxygen atoms in total. The summed E-state index contributed by atoms with van der Waals surface area (Å²) in [5.41, 5.74) is 0. The average molecular weight is 236 g/mol. The molecule has 1 atom stereocenters. The molecule has 0 aliphatic carbocycles. The van der Waals surface area contributed by atoms with Gasteiger partial charge in [0.05, 0.1) is 6.61 Å². The summed E-state index contributed by atoms with van der Waals surface area (Å²) < 4.78 is 10.1. The van der Waals surface area contributed by atoms with Gasteiger partial charge in [0.2, 0.25) is 0 Å². The van der Waals surface area contributed by atoms with Crippen LogP contribution in [0.15, 0.2) is 18.3 Å². The first-order chi connectivity index (χ1) is 8.15. The molecular weight excluding hydrogens is 224 g/mol. The van der Waals surface area contributed by atoms with E-state index < -0.39 is 18.0 Å². The molecule has 1 aromatic rings. The molecule has 1 amide bonds. The maximum Gasteiger partial charge on any atom is 0.357 e. The van der Waals surface area contributed by atoms with E-state index in [0.29, 0.717) is 11.6 Å². The highest BCUT2D eigenvalue weighted by Crippen LogP contribution is 2.30. The van der Waals surface area contributed by atoms with E-state index in [9.17, 15) is 9.59 Å². The third kappa shape index (κ3) is 1.93. The smallest absolute Gasteiger partial charge is 0.357 e. The fourth-order valence-corrected chi connectivity index (χ4v) is 1.55. The van der Waals surface area contributed by atoms with Gasteiger partial charge in [-0.3, -0.25) is 9.69 Å². The monoisotopic (exact) mass is 236 g/mol. The third-order valence-corrected chi connectivity index (χ3v) is 2.37. The molecule has 2 heterocycles. The lowest BCUT2D eigenvalue weighted by Gasteiger charge is -2.29. The molecule has 0 bridgehead atoms. The van der Waals surface area contributed by atoms with E-state index >= 15 is 0 Å². The second kappa shape index (κ2) is 4.40. The number of carbonyl (C=O) groups is 2. The number of likely N-dealkylation sites (N-methyl/N-ethyl adjacent to an activating group) is 1. The van der Waals surface area contributed by atoms with E-state index in [4.69, 9.17) is 9.47 Å². The highest BCUT2D eigenvalue weighted by Gasteiger charge is 2.39. The fraction of sp³-hybridized carbons (Fsp3) is 0.364. The van der Waals surface area contributed by atoms with Crippen LogP contribution in [0.25, 0.3) is 0 Å². The number of carbonyl (C=O) groups excluding carboxylic acids is 2. The SMILES string of the molecule is CCOC(=O)C1Oc2cccnc2N(C)C1=O. The molecule has 0 spiro atoms. The van der Waals surface area contributed by atoms with Crippen LogP contribution < -0.4 is 9.64 Å². The van der Waals surface area contributed by atoms with Gasteiger partial charge in [0.25, 0.3) is 12.0 Å². The van der Waals surface area contributed by atoms with Gasteiger partial charge < -0.3 is 9.47 Å². The number of hydrogen-bond acceptors (Lipinski definition) is 5. The van der Waals surface area contributed by atoms with Gasteiger partial charge in [-0.05, 0) is 19.1 Å². The highest BCUT2D eigenvalue weighted by molar-refractivity contribution is 6.10. The van der Waals surface area contributed by atoms with Crippen LogP contribution in [-0.2, 0) is 14.3 Å². The van der Waals surface area contributed by atoms with Gasteiger partial charge >= 0.3 is 5.97 Å². The van der Waals surface area contributed by atoms with E-state index in [1.807, 2.05) is 0 Å². The lowest BCUT2D eigenvalue weighted by molar-refractivity contribution is -0.155. The topological polar surface area (TPSA) is 68.7 Å². The fourth-order valence-electron chi connectivity index (χ4n) is 1.55. The number of anilines is 1. The quantitative estimate of drug-likeness (QED) is 0.548. The minimum atomic E-state index is -1.24. The Morgan fingerprint density at radius 1 is 1.65 bits per heavy atom. The van der Waals surface area contributed by atoms with Crippen LogP contribution in [-0.4, -0.2) is 36.6 Å². The van der Waals surface area contributed by atoms with Gasteiger partial charge in [0, 0.05) is 13.2 Å². The number of nitrogens with zero attached hydrogens (tertiary/aromatic N) is 2. The van der Waals surface area contributed by atoms with Crippen LogP contribution >= 0.6 is 0 Å². The Kier molecular flexibility index (Phi) is 2.95. The lowest BCUT2D eigenvalue weighted by Crippen LogP contribution is -2.49. The normalized spacial score (nSPS) is 18.4. The number of aromatic nitrogens is 1. The number of hydrogen-bond donors (Lipinski definition) is 0. The van der Waals surface area contributed by atoms with Crippen molar-refractivity contribution in [3.63, 3.8) is 0 Å². The van der Waals surface area contributed by atoms with Crippen LogP contribution in [0.4, 0.5) is 5.82 Å². The first-order valence-corrected chi connectivity index (χ1v) is 5.21. The van der Waals surface area contributed by atoms with Gasteiger partial charge in [-0.15, -0.1) is 0 Å². The van der Waals surface area contributed by atoms with E-state index in [2.05, 4.69) is 4.98 Å². The van der Waals surface area contributed by atoms with Gasteiger partial charge in [-0.1, -0.05) is 0 Å². The summed E-state index contributed by atoms with van der Waals surface area (Å²) in [6, 6.07) is 3.32. The Hall–Kier alpha value is -2.11. The molecule has 90 valence electrons. The summed E-state index contributed by atoms with van der Waals surface area (Å²) >= 11 is 0. The Bertz CT molecular complexity index is 461. The van der Waals surface area contributed by atoms with Gasteiger partial charge in [-0.25, -0.2) is 9.78 Å². The van der Waals surface area contributed by atoms with Crippen molar-refractivity contribution in [2.45, 2.75) is 13.0 Å². The Morgan fingerprint density at radius 2 is 2.41 bits per heavy atom. The first kappa shape index (κ1) is 11.4. The van der Waals surface area contributed by atoms with E-state index in [1.54, 1.807) is 32.3 Å². The summed E-state index contributed by atoms with van der Waals surface area (Å²) in [7, 11) is 1.54. The zero-order chi connectivity index (χ0) is 12.4. The van der Waals surface area contributed by atoms with Crippen LogP contribution in [0.1, 0.15) is 6.92 Å². The summed E-state index contributed by atoms with van der Waals surface area (Å²) in [5, 5.41) is 0. The number of esters is 1. The van der Waals surface area contributed by atoms with Gasteiger partial charge in [0.1, 0.15) is 0 Å². The molecule has 1 aliphatic rings. The number of pyridine rings is 1. The second-order valence-corrected chi connectivity index (χ2v) is 3.47. The van der Waals surface area contributed by atoms with Crippen molar-refractivity contribution in [2.75, 3.05) is 18.6 Å². The number of ether oxygens (including phenoxy) is 2. The van der Waals surface area contributed by atoms with E-state index in [0.717, 1.165) is 0 Å². The summed E-state index contributed by atoms with van der Waals surface area (Å²) in [6.07, 6.45) is 0.313. The van der Waals surface area contributed by atoms with E-state index in [1.165, 1.54) is 4.90 Å². The largest absolute Gasteiger partial charge is 0.465 e. The zero-order valence-corrected chi connectivity index (χ0v) is 9.54. The van der Waals surface area contributed by atoms with Crippen molar-refractivity contribution in [1.29, 1.82) is 0 Å². The molecule has 6 heteroatoms. The number of amides is 1. The summed E-state index contributed by atoms with van der Waals surface area (Å²) in [6.45, 7) is 1.88. The minimum absolute atomic E-state index is 0.204. The highest BCUT2D eigenvalue weighted by atomic mass is 16.6. The molecule has 1 aliphatic heterocycles. The first-order valence-electron chi connectivity index (χ1n) is 5.21. The number of rotatable bonds is 2. The maximum atomic E-state index is 11.9. The molecule has 0 saturated carbocycles. The molecule has 1 aromatic heterocycles. The lowest BCUT2D eigenvalue weighted by atomic mass is 10.2. The second-order valence-electron chi connectivity index (χ2n) is 3.47. The van der Waals surface area contributed by atoms with Crippen LogP contribution in [0.5, 0.6) is 5.75 Å². The van der Waals surface area contributed by atoms with Crippen LogP contribution in [0.3, 0.4) is 0 Å². The van der Waals surface area contributed by atoms with Crippen molar-refractivity contribution in [2.24, 2.45) is 0 Å². The Labute approximate surface area is 98.1 Å². The maximum absolute atomic E-state index is 11.9. The Morgan fingerprint density at radius 3 is 3.12 bits per heavy atom. The summed E-state index contributed by atoms with van der Waals surface area (Å²) in [4.78, 5) is 28.7. The molecule has 0 fully saturated rings. The van der Waals surface area contributed by atoms with Crippen molar-refractivity contribution in [3.05, 3.63) is 18.3 Å². The van der Waals surface area contributed by atoms with Gasteiger partial charge in [0.15, 0.2) is 11.6 Å². The predicted octanol–water partition coefficient (Wildman–Crippen LogP) is 0.368. The number of fused-ring (bicyclic) bond motifs is 1. The minimum Gasteiger partial charge on any atom is -0.465 e. The van der Waals surface area contributed by atoms with Crippen molar-refractivity contribution in [3.8, 4) is 5.75 Å². The van der Waals surface area contributed by atoms with Crippen LogP contribution in [0.2, 0.25) is 0 Å². The molecule has 0 N–H and O–H groups in total. The third-order valence-electron chi connectivity index (χ3n) is 2.37.